The van der Waals surface area contributed by atoms with Gasteiger partial charge in [0.1, 0.15) is 0 Å². The van der Waals surface area contributed by atoms with Crippen LogP contribution >= 0.6 is 15.9 Å². The molecule has 0 radical (unpaired) electrons. The van der Waals surface area contributed by atoms with Crippen LogP contribution in [0, 0.1) is 0 Å². The summed E-state index contributed by atoms with van der Waals surface area (Å²) >= 11 is 3.34. The summed E-state index contributed by atoms with van der Waals surface area (Å²) in [4.78, 5) is 14.0. The van der Waals surface area contributed by atoms with Gasteiger partial charge in [0.25, 0.3) is 10.0 Å². The Balaban J connectivity index is 1.53. The lowest BCUT2D eigenvalue weighted by Gasteiger charge is -2.27. The van der Waals surface area contributed by atoms with Crippen LogP contribution in [-0.2, 0) is 10.0 Å². The highest BCUT2D eigenvalue weighted by molar-refractivity contribution is 9.10. The minimum absolute atomic E-state index is 0.148. The highest BCUT2D eigenvalue weighted by Gasteiger charge is 2.25. The third-order valence-corrected chi connectivity index (χ3v) is 8.41. The first-order valence-electron chi connectivity index (χ1n) is 11.4. The van der Waals surface area contributed by atoms with Gasteiger partial charge in [-0.15, -0.1) is 0 Å². The van der Waals surface area contributed by atoms with Gasteiger partial charge in [0.15, 0.2) is 17.0 Å². The lowest BCUT2D eigenvalue weighted by atomic mass is 9.92. The summed E-state index contributed by atoms with van der Waals surface area (Å²) in [6, 6.07) is 7.34. The lowest BCUT2D eigenvalue weighted by Crippen LogP contribution is -2.33. The van der Waals surface area contributed by atoms with Crippen LogP contribution in [0.2, 0.25) is 0 Å². The summed E-state index contributed by atoms with van der Waals surface area (Å²) < 4.78 is 31.7. The van der Waals surface area contributed by atoms with Crippen molar-refractivity contribution in [3.63, 3.8) is 0 Å². The van der Waals surface area contributed by atoms with E-state index in [0.717, 1.165) is 38.5 Å². The normalized spacial score (nSPS) is 22.0. The zero-order chi connectivity index (χ0) is 23.0. The number of rotatable bonds is 6. The van der Waals surface area contributed by atoms with Crippen LogP contribution in [0.15, 0.2) is 40.0 Å². The first-order chi connectivity index (χ1) is 15.9. The molecule has 0 spiro atoms. The van der Waals surface area contributed by atoms with Crippen molar-refractivity contribution in [3.8, 4) is 0 Å². The third-order valence-electron chi connectivity index (χ3n) is 6.58. The van der Waals surface area contributed by atoms with E-state index >= 15 is 0 Å². The predicted molar refractivity (Wildman–Crippen MR) is 132 cm³/mol. The number of anilines is 2. The second-order valence-corrected chi connectivity index (χ2v) is 11.6. The van der Waals surface area contributed by atoms with Crippen LogP contribution in [0.3, 0.4) is 0 Å². The van der Waals surface area contributed by atoms with E-state index in [9.17, 15) is 8.42 Å². The molecule has 2 aromatic heterocycles. The molecule has 5 rings (SSSR count). The zero-order valence-electron chi connectivity index (χ0n) is 18.2. The van der Waals surface area contributed by atoms with E-state index in [1.165, 1.54) is 12.8 Å². The topological polar surface area (TPSA) is 128 Å². The molecule has 2 aliphatic carbocycles. The molecule has 0 atom stereocenters. The van der Waals surface area contributed by atoms with Crippen molar-refractivity contribution in [3.05, 3.63) is 35.1 Å². The van der Waals surface area contributed by atoms with Gasteiger partial charge in [0.2, 0.25) is 5.95 Å². The fraction of sp³-hybridized carbons (Fsp3) is 0.500. The molecule has 9 nitrogen and oxygen atoms in total. The number of benzene rings is 1. The molecule has 1 aromatic carbocycles. The SMILES string of the molecule is NC1CCC(Nc2nc(NS(=O)(=O)c3cccc(Br)c3)c3ncn(C4CCCC4)c3n2)CC1. The van der Waals surface area contributed by atoms with E-state index in [0.29, 0.717) is 27.6 Å². The van der Waals surface area contributed by atoms with Crippen molar-refractivity contribution in [2.45, 2.75) is 74.4 Å². The molecule has 0 amide bonds. The Morgan fingerprint density at radius 2 is 1.82 bits per heavy atom. The number of halogens is 1. The zero-order valence-corrected chi connectivity index (χ0v) is 20.6. The standard InChI is InChI=1S/C22H28BrN7O2S/c23-14-4-3-7-18(12-14)33(31,32)29-20-19-21(30(13-25-19)17-5-1-2-6-17)28-22(27-20)26-16-10-8-15(24)9-11-16/h3-4,7,12-13,15-17H,1-2,5-6,8-11,24H2,(H2,26,27,28,29). The van der Waals surface area contributed by atoms with Crippen molar-refractivity contribution in [1.82, 2.24) is 19.5 Å². The molecule has 2 heterocycles. The molecule has 11 heteroatoms. The molecule has 2 aliphatic rings. The maximum Gasteiger partial charge on any atom is 0.263 e. The van der Waals surface area contributed by atoms with Gasteiger partial charge in [-0.1, -0.05) is 34.8 Å². The van der Waals surface area contributed by atoms with Crippen LogP contribution < -0.4 is 15.8 Å². The van der Waals surface area contributed by atoms with Crippen LogP contribution in [-0.4, -0.2) is 40.0 Å². The van der Waals surface area contributed by atoms with Crippen molar-refractivity contribution < 1.29 is 8.42 Å². The molecule has 4 N–H and O–H groups in total. The van der Waals surface area contributed by atoms with Crippen molar-refractivity contribution in [2.24, 2.45) is 5.73 Å². The van der Waals surface area contributed by atoms with E-state index in [-0.39, 0.29) is 22.8 Å². The second kappa shape index (κ2) is 9.19. The first kappa shape index (κ1) is 22.5. The first-order valence-corrected chi connectivity index (χ1v) is 13.7. The lowest BCUT2D eigenvalue weighted by molar-refractivity contribution is 0.410. The fourth-order valence-electron chi connectivity index (χ4n) is 4.77. The Kier molecular flexibility index (Phi) is 6.28. The largest absolute Gasteiger partial charge is 0.351 e. The maximum atomic E-state index is 13.1. The molecule has 0 saturated heterocycles. The van der Waals surface area contributed by atoms with Gasteiger partial charge < -0.3 is 15.6 Å². The van der Waals surface area contributed by atoms with Gasteiger partial charge >= 0.3 is 0 Å². The van der Waals surface area contributed by atoms with Crippen molar-refractivity contribution >= 4 is 48.9 Å². The highest BCUT2D eigenvalue weighted by atomic mass is 79.9. The minimum Gasteiger partial charge on any atom is -0.351 e. The molecule has 2 fully saturated rings. The van der Waals surface area contributed by atoms with Gasteiger partial charge in [0, 0.05) is 22.6 Å². The minimum atomic E-state index is -3.86. The number of imidazole rings is 1. The molecular formula is C22H28BrN7O2S. The summed E-state index contributed by atoms with van der Waals surface area (Å²) in [5, 5.41) is 3.41. The summed E-state index contributed by atoms with van der Waals surface area (Å²) in [7, 11) is -3.86. The highest BCUT2D eigenvalue weighted by Crippen LogP contribution is 2.34. The van der Waals surface area contributed by atoms with E-state index in [2.05, 4.69) is 40.5 Å². The molecule has 0 unspecified atom stereocenters. The number of nitrogens with one attached hydrogen (secondary N) is 2. The average Bonchev–Trinajstić information content (AvgIpc) is 3.45. The Hall–Kier alpha value is -2.24. The van der Waals surface area contributed by atoms with Gasteiger partial charge in [-0.05, 0) is 56.7 Å². The maximum absolute atomic E-state index is 13.1. The number of fused-ring (bicyclic) bond motifs is 1. The molecular weight excluding hydrogens is 506 g/mol. The number of aromatic nitrogens is 4. The molecule has 2 saturated carbocycles. The van der Waals surface area contributed by atoms with Crippen LogP contribution in [0.5, 0.6) is 0 Å². The second-order valence-electron chi connectivity index (χ2n) is 8.98. The predicted octanol–water partition coefficient (Wildman–Crippen LogP) is 4.19. The molecule has 3 aromatic rings. The van der Waals surface area contributed by atoms with Gasteiger partial charge in [-0.25, -0.2) is 13.4 Å². The monoisotopic (exact) mass is 533 g/mol. The fourth-order valence-corrected chi connectivity index (χ4v) is 6.37. The van der Waals surface area contributed by atoms with Crippen molar-refractivity contribution in [2.75, 3.05) is 10.0 Å². The number of hydrogen-bond donors (Lipinski definition) is 3. The van der Waals surface area contributed by atoms with E-state index in [4.69, 9.17) is 10.7 Å². The number of nitrogens with two attached hydrogens (primary N) is 1. The number of sulfonamides is 1. The Labute approximate surface area is 201 Å². The quantitative estimate of drug-likeness (QED) is 0.433. The molecule has 33 heavy (non-hydrogen) atoms. The Morgan fingerprint density at radius 1 is 1.06 bits per heavy atom. The van der Waals surface area contributed by atoms with E-state index < -0.39 is 10.0 Å². The van der Waals surface area contributed by atoms with E-state index in [1.807, 2.05) is 0 Å². The third kappa shape index (κ3) is 4.85. The van der Waals surface area contributed by atoms with Crippen LogP contribution in [0.1, 0.15) is 57.4 Å². The number of hydrogen-bond acceptors (Lipinski definition) is 7. The van der Waals surface area contributed by atoms with E-state index in [1.54, 1.807) is 30.6 Å². The Morgan fingerprint density at radius 3 is 2.55 bits per heavy atom. The van der Waals surface area contributed by atoms with Gasteiger partial charge in [-0.2, -0.15) is 9.97 Å². The smallest absolute Gasteiger partial charge is 0.263 e. The molecule has 0 bridgehead atoms. The molecule has 176 valence electrons. The van der Waals surface area contributed by atoms with Crippen LogP contribution in [0.25, 0.3) is 11.2 Å². The summed E-state index contributed by atoms with van der Waals surface area (Å²) in [6.45, 7) is 0. The average molecular weight is 534 g/mol. The summed E-state index contributed by atoms with van der Waals surface area (Å²) in [5.41, 5.74) is 7.16. The number of nitrogens with zero attached hydrogens (tertiary/aromatic N) is 4. The van der Waals surface area contributed by atoms with Gasteiger partial charge in [0.05, 0.1) is 11.2 Å². The Bertz CT molecular complexity index is 1250. The summed E-state index contributed by atoms with van der Waals surface area (Å²) in [6.07, 6.45) is 10.00. The van der Waals surface area contributed by atoms with Crippen molar-refractivity contribution in [1.29, 1.82) is 0 Å². The van der Waals surface area contributed by atoms with Gasteiger partial charge in [-0.3, -0.25) is 4.72 Å². The van der Waals surface area contributed by atoms with Crippen LogP contribution in [0.4, 0.5) is 11.8 Å². The molecule has 0 aliphatic heterocycles. The summed E-state index contributed by atoms with van der Waals surface area (Å²) in [5.74, 6) is 0.599.